The first-order valence-corrected chi connectivity index (χ1v) is 8.31. The number of rotatable bonds is 8. The van der Waals surface area contributed by atoms with Crippen molar-refractivity contribution in [2.45, 2.75) is 19.4 Å². The second-order valence-electron chi connectivity index (χ2n) is 5.94. The third kappa shape index (κ3) is 6.30. The number of benzene rings is 2. The van der Waals surface area contributed by atoms with Gasteiger partial charge in [-0.05, 0) is 36.2 Å². The maximum Gasteiger partial charge on any atom is 0.253 e. The van der Waals surface area contributed by atoms with Gasteiger partial charge in [-0.3, -0.25) is 9.59 Å². The van der Waals surface area contributed by atoms with Gasteiger partial charge < -0.3 is 15.0 Å². The van der Waals surface area contributed by atoms with E-state index in [1.54, 1.807) is 26.2 Å². The van der Waals surface area contributed by atoms with E-state index < -0.39 is 0 Å². The predicted molar refractivity (Wildman–Crippen MR) is 97.5 cm³/mol. The van der Waals surface area contributed by atoms with Crippen molar-refractivity contribution in [3.05, 3.63) is 65.7 Å². The van der Waals surface area contributed by atoms with Gasteiger partial charge in [0.05, 0.1) is 6.61 Å². The van der Waals surface area contributed by atoms with Gasteiger partial charge >= 0.3 is 0 Å². The number of ether oxygens (including phenoxy) is 1. The van der Waals surface area contributed by atoms with Crippen molar-refractivity contribution in [3.8, 4) is 5.75 Å². The van der Waals surface area contributed by atoms with Gasteiger partial charge in [0.1, 0.15) is 5.75 Å². The van der Waals surface area contributed by atoms with E-state index in [9.17, 15) is 9.59 Å². The second-order valence-corrected chi connectivity index (χ2v) is 5.94. The van der Waals surface area contributed by atoms with Crippen LogP contribution in [0.3, 0.4) is 0 Å². The maximum atomic E-state index is 11.9. The molecule has 0 aromatic heterocycles. The number of nitrogens with zero attached hydrogens (tertiary/aromatic N) is 1. The van der Waals surface area contributed by atoms with Crippen LogP contribution >= 0.6 is 0 Å². The smallest absolute Gasteiger partial charge is 0.253 e. The molecule has 0 aliphatic heterocycles. The number of amides is 2. The highest BCUT2D eigenvalue weighted by Crippen LogP contribution is 2.09. The summed E-state index contributed by atoms with van der Waals surface area (Å²) in [6.07, 6.45) is 1.08. The Bertz CT molecular complexity index is 682. The second kappa shape index (κ2) is 9.47. The van der Waals surface area contributed by atoms with Gasteiger partial charge in [0.2, 0.25) is 5.91 Å². The molecule has 0 radical (unpaired) electrons. The van der Waals surface area contributed by atoms with Crippen LogP contribution in [0.1, 0.15) is 28.8 Å². The van der Waals surface area contributed by atoms with Crippen molar-refractivity contribution in [2.24, 2.45) is 0 Å². The lowest BCUT2D eigenvalue weighted by molar-refractivity contribution is -0.121. The zero-order valence-corrected chi connectivity index (χ0v) is 14.7. The summed E-state index contributed by atoms with van der Waals surface area (Å²) < 4.78 is 5.56. The first kappa shape index (κ1) is 18.5. The molecule has 2 aromatic carbocycles. The minimum Gasteiger partial charge on any atom is -0.494 e. The molecule has 0 spiro atoms. The van der Waals surface area contributed by atoms with Crippen LogP contribution in [-0.4, -0.2) is 37.4 Å². The lowest BCUT2D eigenvalue weighted by Gasteiger charge is -2.11. The van der Waals surface area contributed by atoms with Crippen molar-refractivity contribution in [1.82, 2.24) is 10.2 Å². The minimum absolute atomic E-state index is 0.00916. The molecule has 2 rings (SSSR count). The summed E-state index contributed by atoms with van der Waals surface area (Å²) in [4.78, 5) is 25.2. The normalized spacial score (nSPS) is 10.2. The van der Waals surface area contributed by atoms with E-state index in [-0.39, 0.29) is 11.8 Å². The first-order valence-electron chi connectivity index (χ1n) is 8.31. The number of carbonyl (C=O) groups is 2. The van der Waals surface area contributed by atoms with Gasteiger partial charge in [0.25, 0.3) is 5.91 Å². The van der Waals surface area contributed by atoms with Crippen molar-refractivity contribution >= 4 is 11.8 Å². The average Bonchev–Trinajstić information content (AvgIpc) is 2.64. The van der Waals surface area contributed by atoms with Gasteiger partial charge in [0, 0.05) is 32.6 Å². The monoisotopic (exact) mass is 340 g/mol. The molecule has 2 amide bonds. The molecule has 5 heteroatoms. The number of para-hydroxylation sites is 1. The topological polar surface area (TPSA) is 58.6 Å². The van der Waals surface area contributed by atoms with Gasteiger partial charge in [-0.1, -0.05) is 30.3 Å². The number of hydrogen-bond donors (Lipinski definition) is 1. The number of hydrogen-bond acceptors (Lipinski definition) is 3. The Morgan fingerprint density at radius 3 is 2.32 bits per heavy atom. The van der Waals surface area contributed by atoms with Crippen molar-refractivity contribution in [1.29, 1.82) is 0 Å². The first-order chi connectivity index (χ1) is 12.1. The quantitative estimate of drug-likeness (QED) is 0.752. The zero-order chi connectivity index (χ0) is 18.1. The van der Waals surface area contributed by atoms with Gasteiger partial charge in [-0.2, -0.15) is 0 Å². The van der Waals surface area contributed by atoms with Crippen LogP contribution in [0.15, 0.2) is 54.6 Å². The van der Waals surface area contributed by atoms with Crippen molar-refractivity contribution in [2.75, 3.05) is 20.7 Å². The summed E-state index contributed by atoms with van der Waals surface area (Å²) in [6.45, 7) is 0.966. The highest BCUT2D eigenvalue weighted by atomic mass is 16.5. The number of nitrogens with one attached hydrogen (secondary N) is 1. The molecular formula is C20H24N2O3. The van der Waals surface area contributed by atoms with Crippen molar-refractivity contribution in [3.63, 3.8) is 0 Å². The lowest BCUT2D eigenvalue weighted by Crippen LogP contribution is -2.23. The molecular weight excluding hydrogens is 316 g/mol. The molecule has 25 heavy (non-hydrogen) atoms. The highest BCUT2D eigenvalue weighted by molar-refractivity contribution is 5.93. The molecule has 0 heterocycles. The Kier molecular flexibility index (Phi) is 7.01. The van der Waals surface area contributed by atoms with E-state index in [2.05, 4.69) is 5.32 Å². The highest BCUT2D eigenvalue weighted by Gasteiger charge is 2.07. The van der Waals surface area contributed by atoms with Crippen LogP contribution in [0.4, 0.5) is 0 Å². The van der Waals surface area contributed by atoms with Crippen LogP contribution in [0.5, 0.6) is 5.75 Å². The fourth-order valence-electron chi connectivity index (χ4n) is 2.25. The maximum absolute atomic E-state index is 11.9. The van der Waals surface area contributed by atoms with E-state index in [0.717, 1.165) is 11.3 Å². The molecule has 132 valence electrons. The fraction of sp³-hybridized carbons (Fsp3) is 0.300. The molecule has 1 N–H and O–H groups in total. The Morgan fingerprint density at radius 1 is 1.00 bits per heavy atom. The van der Waals surface area contributed by atoms with E-state index in [1.807, 2.05) is 42.5 Å². The van der Waals surface area contributed by atoms with Crippen LogP contribution < -0.4 is 10.1 Å². The third-order valence-corrected chi connectivity index (χ3v) is 3.66. The summed E-state index contributed by atoms with van der Waals surface area (Å²) in [5.41, 5.74) is 1.60. The van der Waals surface area contributed by atoms with E-state index >= 15 is 0 Å². The lowest BCUT2D eigenvalue weighted by atomic mass is 10.1. The Balaban J connectivity index is 1.67. The standard InChI is InChI=1S/C20H24N2O3/c1-22(2)20(24)17-12-10-16(11-13-17)15-21-19(23)9-6-14-25-18-7-4-3-5-8-18/h3-5,7-8,10-13H,6,9,14-15H2,1-2H3,(H,21,23). The van der Waals surface area contributed by atoms with Crippen LogP contribution in [0.25, 0.3) is 0 Å². The molecule has 0 fully saturated rings. The molecule has 0 saturated heterocycles. The molecule has 2 aromatic rings. The van der Waals surface area contributed by atoms with Gasteiger partial charge in [-0.25, -0.2) is 0 Å². The minimum atomic E-state index is -0.0333. The van der Waals surface area contributed by atoms with E-state index in [1.165, 1.54) is 4.90 Å². The van der Waals surface area contributed by atoms with Crippen LogP contribution in [0.2, 0.25) is 0 Å². The summed E-state index contributed by atoms with van der Waals surface area (Å²) >= 11 is 0. The zero-order valence-electron chi connectivity index (χ0n) is 14.7. The largest absolute Gasteiger partial charge is 0.494 e. The van der Waals surface area contributed by atoms with Gasteiger partial charge in [-0.15, -0.1) is 0 Å². The molecule has 0 saturated carbocycles. The fourth-order valence-corrected chi connectivity index (χ4v) is 2.25. The summed E-state index contributed by atoms with van der Waals surface area (Å²) in [5, 5.41) is 2.88. The molecule has 0 aliphatic rings. The SMILES string of the molecule is CN(C)C(=O)c1ccc(CNC(=O)CCCOc2ccccc2)cc1. The molecule has 0 unspecified atom stereocenters. The Morgan fingerprint density at radius 2 is 1.68 bits per heavy atom. The van der Waals surface area contributed by atoms with E-state index in [4.69, 9.17) is 4.74 Å². The Hall–Kier alpha value is -2.82. The van der Waals surface area contributed by atoms with Crippen LogP contribution in [0, 0.1) is 0 Å². The van der Waals surface area contributed by atoms with E-state index in [0.29, 0.717) is 31.6 Å². The molecule has 5 nitrogen and oxygen atoms in total. The Labute approximate surface area is 148 Å². The third-order valence-electron chi connectivity index (χ3n) is 3.66. The molecule has 0 bridgehead atoms. The van der Waals surface area contributed by atoms with Crippen LogP contribution in [-0.2, 0) is 11.3 Å². The number of carbonyl (C=O) groups excluding carboxylic acids is 2. The summed E-state index contributed by atoms with van der Waals surface area (Å²) in [7, 11) is 3.44. The summed E-state index contributed by atoms with van der Waals surface area (Å²) in [5.74, 6) is 0.773. The molecule has 0 aliphatic carbocycles. The van der Waals surface area contributed by atoms with Crippen molar-refractivity contribution < 1.29 is 14.3 Å². The average molecular weight is 340 g/mol. The predicted octanol–water partition coefficient (Wildman–Crippen LogP) is 2.86. The summed E-state index contributed by atoms with van der Waals surface area (Å²) in [6, 6.07) is 16.8. The molecule has 0 atom stereocenters. The van der Waals surface area contributed by atoms with Gasteiger partial charge in [0.15, 0.2) is 0 Å².